The molecule has 0 aliphatic heterocycles. The third kappa shape index (κ3) is 6.21. The van der Waals surface area contributed by atoms with Crippen LogP contribution in [0.3, 0.4) is 0 Å². The summed E-state index contributed by atoms with van der Waals surface area (Å²) in [5, 5.41) is 17.9. The minimum Gasteiger partial charge on any atom is -0.507 e. The van der Waals surface area contributed by atoms with E-state index in [-0.39, 0.29) is 5.75 Å². The van der Waals surface area contributed by atoms with E-state index in [4.69, 9.17) is 0 Å². The number of rotatable bonds is 8. The fourth-order valence-corrected chi connectivity index (χ4v) is 2.32. The van der Waals surface area contributed by atoms with Gasteiger partial charge in [-0.1, -0.05) is 68.3 Å². The molecule has 24 heavy (non-hydrogen) atoms. The molecule has 0 saturated heterocycles. The normalized spacial score (nSPS) is 12.3. The molecule has 3 nitrogen and oxygen atoms in total. The van der Waals surface area contributed by atoms with Gasteiger partial charge >= 0.3 is 0 Å². The number of aromatic hydroxyl groups is 1. The Labute approximate surface area is 144 Å². The Kier molecular flexibility index (Phi) is 7.48. The zero-order chi connectivity index (χ0) is 17.0. The molecule has 2 aromatic carbocycles. The summed E-state index contributed by atoms with van der Waals surface area (Å²) >= 11 is 0. The first-order chi connectivity index (χ1) is 11.8. The zero-order valence-electron chi connectivity index (χ0n) is 14.1. The topological polar surface area (TPSA) is 45.0 Å². The molecule has 0 radical (unpaired) electrons. The first-order valence-corrected chi connectivity index (χ1v) is 8.39. The molecule has 3 heteroatoms. The second kappa shape index (κ2) is 10.2. The highest BCUT2D eigenvalue weighted by molar-refractivity contribution is 5.87. The number of benzene rings is 2. The van der Waals surface area contributed by atoms with Crippen molar-refractivity contribution in [1.82, 2.24) is 0 Å². The largest absolute Gasteiger partial charge is 0.507 e. The first kappa shape index (κ1) is 17.7. The number of phenols is 1. The van der Waals surface area contributed by atoms with E-state index in [0.717, 1.165) is 18.4 Å². The summed E-state index contributed by atoms with van der Waals surface area (Å²) in [6.07, 6.45) is 10.1. The number of hydrogen-bond donors (Lipinski definition) is 1. The Bertz CT molecular complexity index is 703. The van der Waals surface area contributed by atoms with E-state index in [1.54, 1.807) is 30.6 Å². The summed E-state index contributed by atoms with van der Waals surface area (Å²) < 4.78 is 0. The molecule has 0 atom stereocenters. The van der Waals surface area contributed by atoms with Gasteiger partial charge in [-0.25, -0.2) is 0 Å². The van der Waals surface area contributed by atoms with Gasteiger partial charge in [-0.3, -0.25) is 0 Å². The smallest absolute Gasteiger partial charge is 0.124 e. The van der Waals surface area contributed by atoms with Crippen molar-refractivity contribution in [3.05, 3.63) is 71.3 Å². The zero-order valence-corrected chi connectivity index (χ0v) is 14.1. The number of allylic oxidation sites excluding steroid dienone is 1. The van der Waals surface area contributed by atoms with Crippen molar-refractivity contribution in [3.63, 3.8) is 0 Å². The molecule has 0 bridgehead atoms. The maximum absolute atomic E-state index is 9.70. The lowest BCUT2D eigenvalue weighted by atomic mass is 10.1. The van der Waals surface area contributed by atoms with E-state index >= 15 is 0 Å². The predicted molar refractivity (Wildman–Crippen MR) is 103 cm³/mol. The molecule has 0 amide bonds. The number of hydrogen-bond acceptors (Lipinski definition) is 3. The highest BCUT2D eigenvalue weighted by Crippen LogP contribution is 2.14. The lowest BCUT2D eigenvalue weighted by Crippen LogP contribution is -1.87. The van der Waals surface area contributed by atoms with E-state index in [0.29, 0.717) is 5.56 Å². The van der Waals surface area contributed by atoms with Crippen LogP contribution in [0.4, 0.5) is 0 Å². The van der Waals surface area contributed by atoms with Gasteiger partial charge in [0, 0.05) is 5.56 Å². The minimum atomic E-state index is 0.208. The van der Waals surface area contributed by atoms with Gasteiger partial charge in [-0.05, 0) is 36.1 Å². The molecule has 124 valence electrons. The van der Waals surface area contributed by atoms with Crippen LogP contribution in [-0.2, 0) is 0 Å². The van der Waals surface area contributed by atoms with Crippen LogP contribution in [-0.4, -0.2) is 17.5 Å². The van der Waals surface area contributed by atoms with Gasteiger partial charge < -0.3 is 5.11 Å². The molecule has 0 aliphatic rings. The number of para-hydroxylation sites is 1. The van der Waals surface area contributed by atoms with Gasteiger partial charge in [0.15, 0.2) is 0 Å². The third-order valence-electron chi connectivity index (χ3n) is 3.64. The molecule has 0 heterocycles. The molecular weight excluding hydrogens is 296 g/mol. The lowest BCUT2D eigenvalue weighted by molar-refractivity contribution is 0.474. The van der Waals surface area contributed by atoms with Crippen LogP contribution in [0, 0.1) is 0 Å². The minimum absolute atomic E-state index is 0.208. The Morgan fingerprint density at radius 1 is 0.958 bits per heavy atom. The molecule has 2 aromatic rings. The standard InChI is InChI=1S/C21H24N2O/c1-2-3-5-12-19(15-18-10-6-4-7-11-18)16-22-23-17-20-13-8-9-14-21(20)24/h4,6-11,13-17,24H,2-3,5,12H2,1H3. The second-order valence-corrected chi connectivity index (χ2v) is 5.63. The van der Waals surface area contributed by atoms with Gasteiger partial charge in [0.2, 0.25) is 0 Å². The van der Waals surface area contributed by atoms with Crippen molar-refractivity contribution in [2.45, 2.75) is 32.6 Å². The Hall–Kier alpha value is -2.68. The summed E-state index contributed by atoms with van der Waals surface area (Å²) in [5.74, 6) is 0.208. The van der Waals surface area contributed by atoms with Crippen molar-refractivity contribution in [1.29, 1.82) is 0 Å². The van der Waals surface area contributed by atoms with Gasteiger partial charge in [-0.15, -0.1) is 0 Å². The SMILES string of the molecule is CCCCCC(C=NN=Cc1ccccc1O)=Cc1ccccc1. The van der Waals surface area contributed by atoms with Crippen LogP contribution in [0.5, 0.6) is 5.75 Å². The highest BCUT2D eigenvalue weighted by atomic mass is 16.3. The third-order valence-corrected chi connectivity index (χ3v) is 3.64. The average molecular weight is 320 g/mol. The first-order valence-electron chi connectivity index (χ1n) is 8.39. The van der Waals surface area contributed by atoms with Crippen molar-refractivity contribution < 1.29 is 5.11 Å². The van der Waals surface area contributed by atoms with E-state index in [9.17, 15) is 5.11 Å². The maximum atomic E-state index is 9.70. The van der Waals surface area contributed by atoms with E-state index in [1.807, 2.05) is 24.3 Å². The average Bonchev–Trinajstić information content (AvgIpc) is 2.61. The Morgan fingerprint density at radius 3 is 2.46 bits per heavy atom. The van der Waals surface area contributed by atoms with E-state index in [1.165, 1.54) is 18.4 Å². The number of unbranched alkanes of at least 4 members (excludes halogenated alkanes) is 2. The van der Waals surface area contributed by atoms with Crippen molar-refractivity contribution in [2.75, 3.05) is 0 Å². The fourth-order valence-electron chi connectivity index (χ4n) is 2.32. The van der Waals surface area contributed by atoms with Crippen molar-refractivity contribution in [2.24, 2.45) is 10.2 Å². The Morgan fingerprint density at radius 2 is 1.71 bits per heavy atom. The lowest BCUT2D eigenvalue weighted by Gasteiger charge is -2.01. The molecule has 2 rings (SSSR count). The van der Waals surface area contributed by atoms with Crippen molar-refractivity contribution >= 4 is 18.5 Å². The molecule has 0 aromatic heterocycles. The maximum Gasteiger partial charge on any atom is 0.124 e. The molecule has 1 N–H and O–H groups in total. The van der Waals surface area contributed by atoms with Gasteiger partial charge in [-0.2, -0.15) is 10.2 Å². The van der Waals surface area contributed by atoms with Gasteiger partial charge in [0.25, 0.3) is 0 Å². The Balaban J connectivity index is 2.07. The molecule has 0 saturated carbocycles. The fraction of sp³-hybridized carbons (Fsp3) is 0.238. The molecule has 0 spiro atoms. The number of nitrogens with zero attached hydrogens (tertiary/aromatic N) is 2. The summed E-state index contributed by atoms with van der Waals surface area (Å²) in [4.78, 5) is 0. The predicted octanol–water partition coefficient (Wildman–Crippen LogP) is 5.46. The van der Waals surface area contributed by atoms with Gasteiger partial charge in [0.05, 0.1) is 12.4 Å². The molecular formula is C21H24N2O. The highest BCUT2D eigenvalue weighted by Gasteiger charge is 1.97. The van der Waals surface area contributed by atoms with Crippen LogP contribution in [0.2, 0.25) is 0 Å². The van der Waals surface area contributed by atoms with Crippen LogP contribution < -0.4 is 0 Å². The van der Waals surface area contributed by atoms with E-state index < -0.39 is 0 Å². The second-order valence-electron chi connectivity index (χ2n) is 5.63. The summed E-state index contributed by atoms with van der Waals surface area (Å²) in [7, 11) is 0. The summed E-state index contributed by atoms with van der Waals surface area (Å²) in [6.45, 7) is 2.20. The molecule has 0 unspecified atom stereocenters. The molecule has 0 aliphatic carbocycles. The van der Waals surface area contributed by atoms with Crippen LogP contribution >= 0.6 is 0 Å². The summed E-state index contributed by atoms with van der Waals surface area (Å²) in [5.41, 5.74) is 2.98. The van der Waals surface area contributed by atoms with Gasteiger partial charge in [0.1, 0.15) is 5.75 Å². The van der Waals surface area contributed by atoms with Crippen LogP contribution in [0.15, 0.2) is 70.4 Å². The van der Waals surface area contributed by atoms with Crippen molar-refractivity contribution in [3.8, 4) is 5.75 Å². The van der Waals surface area contributed by atoms with Crippen LogP contribution in [0.25, 0.3) is 6.08 Å². The monoisotopic (exact) mass is 320 g/mol. The molecule has 0 fully saturated rings. The number of phenolic OH excluding ortho intramolecular Hbond substituents is 1. The van der Waals surface area contributed by atoms with Crippen LogP contribution in [0.1, 0.15) is 43.7 Å². The van der Waals surface area contributed by atoms with E-state index in [2.05, 4.69) is 35.3 Å². The summed E-state index contributed by atoms with van der Waals surface area (Å²) in [6, 6.07) is 17.3. The quantitative estimate of drug-likeness (QED) is 0.392.